The molecule has 0 radical (unpaired) electrons. The Bertz CT molecular complexity index is 683. The van der Waals surface area contributed by atoms with Gasteiger partial charge in [0.25, 0.3) is 0 Å². The molecule has 4 nitrogen and oxygen atoms in total. The van der Waals surface area contributed by atoms with E-state index in [0.29, 0.717) is 36.3 Å². The Morgan fingerprint density at radius 3 is 2.62 bits per heavy atom. The van der Waals surface area contributed by atoms with Gasteiger partial charge in [-0.15, -0.1) is 0 Å². The normalized spacial score (nSPS) is 10.8. The van der Waals surface area contributed by atoms with Gasteiger partial charge in [0.15, 0.2) is 0 Å². The summed E-state index contributed by atoms with van der Waals surface area (Å²) in [6.45, 7) is 3.52. The second-order valence-corrected chi connectivity index (χ2v) is 5.35. The summed E-state index contributed by atoms with van der Waals surface area (Å²) in [5.74, 6) is 0.385. The number of amides is 1. The maximum absolute atomic E-state index is 12.1. The minimum atomic E-state index is -0.231. The lowest BCUT2D eigenvalue weighted by Gasteiger charge is -2.11. The maximum Gasteiger partial charge on any atom is 0.248 e. The van der Waals surface area contributed by atoms with E-state index >= 15 is 0 Å². The van der Waals surface area contributed by atoms with E-state index in [1.807, 2.05) is 37.3 Å². The summed E-state index contributed by atoms with van der Waals surface area (Å²) in [6, 6.07) is 14.5. The first kappa shape index (κ1) is 18.0. The number of hydrogen-bond acceptors (Lipinski definition) is 3. The summed E-state index contributed by atoms with van der Waals surface area (Å²) < 4.78 is 10.9. The van der Waals surface area contributed by atoms with Crippen LogP contribution in [0.2, 0.25) is 5.02 Å². The van der Waals surface area contributed by atoms with Crippen LogP contribution in [0.1, 0.15) is 12.5 Å². The summed E-state index contributed by atoms with van der Waals surface area (Å²) in [4.78, 5) is 12.1. The van der Waals surface area contributed by atoms with Crippen molar-refractivity contribution in [3.8, 4) is 5.75 Å². The van der Waals surface area contributed by atoms with E-state index in [1.165, 1.54) is 6.08 Å². The monoisotopic (exact) mass is 345 g/mol. The molecule has 2 aromatic carbocycles. The van der Waals surface area contributed by atoms with Crippen molar-refractivity contribution in [3.63, 3.8) is 0 Å². The topological polar surface area (TPSA) is 47.6 Å². The SMILES string of the molecule is CCOCCOc1ccccc1NC(=O)/C=C/c1ccc(Cl)cc1. The molecule has 2 rings (SSSR count). The van der Waals surface area contributed by atoms with E-state index in [-0.39, 0.29) is 5.91 Å². The summed E-state index contributed by atoms with van der Waals surface area (Å²) in [5, 5.41) is 3.48. The van der Waals surface area contributed by atoms with Crippen molar-refractivity contribution in [1.82, 2.24) is 0 Å². The van der Waals surface area contributed by atoms with Gasteiger partial charge in [-0.3, -0.25) is 4.79 Å². The van der Waals surface area contributed by atoms with Crippen molar-refractivity contribution in [3.05, 3.63) is 65.2 Å². The second-order valence-electron chi connectivity index (χ2n) is 4.92. The third-order valence-electron chi connectivity index (χ3n) is 3.13. The Morgan fingerprint density at radius 1 is 1.12 bits per heavy atom. The van der Waals surface area contributed by atoms with Crippen molar-refractivity contribution in [1.29, 1.82) is 0 Å². The van der Waals surface area contributed by atoms with Crippen LogP contribution >= 0.6 is 11.6 Å². The summed E-state index contributed by atoms with van der Waals surface area (Å²) in [5.41, 5.74) is 1.52. The van der Waals surface area contributed by atoms with E-state index in [0.717, 1.165) is 5.56 Å². The van der Waals surface area contributed by atoms with Gasteiger partial charge in [0, 0.05) is 17.7 Å². The second kappa shape index (κ2) is 9.75. The molecular weight excluding hydrogens is 326 g/mol. The number of hydrogen-bond donors (Lipinski definition) is 1. The average molecular weight is 346 g/mol. The Morgan fingerprint density at radius 2 is 1.88 bits per heavy atom. The number of rotatable bonds is 8. The molecule has 0 fully saturated rings. The van der Waals surface area contributed by atoms with Gasteiger partial charge in [-0.05, 0) is 42.8 Å². The van der Waals surface area contributed by atoms with Gasteiger partial charge in [0.1, 0.15) is 12.4 Å². The van der Waals surface area contributed by atoms with Crippen LogP contribution in [-0.4, -0.2) is 25.7 Å². The third kappa shape index (κ3) is 6.07. The number of nitrogens with one attached hydrogen (secondary N) is 1. The molecular formula is C19H20ClNO3. The fourth-order valence-corrected chi connectivity index (χ4v) is 2.10. The first-order valence-corrected chi connectivity index (χ1v) is 8.11. The largest absolute Gasteiger partial charge is 0.489 e. The fraction of sp³-hybridized carbons (Fsp3) is 0.211. The van der Waals surface area contributed by atoms with E-state index in [1.54, 1.807) is 24.3 Å². The first-order chi connectivity index (χ1) is 11.7. The number of para-hydroxylation sites is 2. The minimum Gasteiger partial charge on any atom is -0.489 e. The molecule has 0 saturated carbocycles. The molecule has 2 aromatic rings. The molecule has 126 valence electrons. The average Bonchev–Trinajstić information content (AvgIpc) is 2.59. The zero-order valence-electron chi connectivity index (χ0n) is 13.5. The highest BCUT2D eigenvalue weighted by Crippen LogP contribution is 2.23. The lowest BCUT2D eigenvalue weighted by molar-refractivity contribution is -0.111. The van der Waals surface area contributed by atoms with Crippen molar-refractivity contribution in [2.75, 3.05) is 25.1 Å². The van der Waals surface area contributed by atoms with Gasteiger partial charge in [-0.2, -0.15) is 0 Å². The molecule has 0 atom stereocenters. The number of halogens is 1. The smallest absolute Gasteiger partial charge is 0.248 e. The number of carbonyl (C=O) groups is 1. The first-order valence-electron chi connectivity index (χ1n) is 7.73. The highest BCUT2D eigenvalue weighted by Gasteiger charge is 2.05. The number of carbonyl (C=O) groups excluding carboxylic acids is 1. The van der Waals surface area contributed by atoms with E-state index in [2.05, 4.69) is 5.32 Å². The van der Waals surface area contributed by atoms with Gasteiger partial charge in [-0.1, -0.05) is 35.9 Å². The van der Waals surface area contributed by atoms with Crippen LogP contribution in [-0.2, 0) is 9.53 Å². The van der Waals surface area contributed by atoms with E-state index in [4.69, 9.17) is 21.1 Å². The fourth-order valence-electron chi connectivity index (χ4n) is 1.97. The van der Waals surface area contributed by atoms with Crippen molar-refractivity contribution < 1.29 is 14.3 Å². The number of benzene rings is 2. The van der Waals surface area contributed by atoms with E-state index in [9.17, 15) is 4.79 Å². The van der Waals surface area contributed by atoms with Gasteiger partial charge < -0.3 is 14.8 Å². The molecule has 0 aliphatic heterocycles. The van der Waals surface area contributed by atoms with Crippen LogP contribution in [0.4, 0.5) is 5.69 Å². The van der Waals surface area contributed by atoms with E-state index < -0.39 is 0 Å². The van der Waals surface area contributed by atoms with Crippen LogP contribution in [0.3, 0.4) is 0 Å². The van der Waals surface area contributed by atoms with Crippen LogP contribution < -0.4 is 10.1 Å². The van der Waals surface area contributed by atoms with Gasteiger partial charge in [-0.25, -0.2) is 0 Å². The molecule has 24 heavy (non-hydrogen) atoms. The third-order valence-corrected chi connectivity index (χ3v) is 3.38. The molecule has 0 saturated heterocycles. The Labute approximate surface area is 147 Å². The molecule has 0 spiro atoms. The Hall–Kier alpha value is -2.30. The van der Waals surface area contributed by atoms with Crippen molar-refractivity contribution in [2.24, 2.45) is 0 Å². The molecule has 0 aliphatic carbocycles. The summed E-state index contributed by atoms with van der Waals surface area (Å²) in [6.07, 6.45) is 3.20. The molecule has 1 N–H and O–H groups in total. The van der Waals surface area contributed by atoms with Crippen LogP contribution in [0.15, 0.2) is 54.6 Å². The predicted molar refractivity (Wildman–Crippen MR) is 97.5 cm³/mol. The highest BCUT2D eigenvalue weighted by molar-refractivity contribution is 6.30. The zero-order valence-corrected chi connectivity index (χ0v) is 14.3. The van der Waals surface area contributed by atoms with Crippen LogP contribution in [0.5, 0.6) is 5.75 Å². The quantitative estimate of drug-likeness (QED) is 0.569. The lowest BCUT2D eigenvalue weighted by Crippen LogP contribution is -2.11. The molecule has 0 bridgehead atoms. The molecule has 0 aliphatic rings. The number of ether oxygens (including phenoxy) is 2. The van der Waals surface area contributed by atoms with Crippen LogP contribution in [0.25, 0.3) is 6.08 Å². The number of anilines is 1. The van der Waals surface area contributed by atoms with Gasteiger partial charge in [0.05, 0.1) is 12.3 Å². The van der Waals surface area contributed by atoms with Gasteiger partial charge in [0.2, 0.25) is 5.91 Å². The molecule has 0 unspecified atom stereocenters. The molecule has 0 heterocycles. The highest BCUT2D eigenvalue weighted by atomic mass is 35.5. The Kier molecular flexibility index (Phi) is 7.33. The zero-order chi connectivity index (χ0) is 17.2. The molecule has 1 amide bonds. The Balaban J connectivity index is 1.94. The van der Waals surface area contributed by atoms with Crippen LogP contribution in [0, 0.1) is 0 Å². The van der Waals surface area contributed by atoms with Crippen molar-refractivity contribution >= 4 is 29.3 Å². The van der Waals surface area contributed by atoms with Gasteiger partial charge >= 0.3 is 0 Å². The maximum atomic E-state index is 12.1. The summed E-state index contributed by atoms with van der Waals surface area (Å²) >= 11 is 5.83. The predicted octanol–water partition coefficient (Wildman–Crippen LogP) is 4.41. The lowest BCUT2D eigenvalue weighted by atomic mass is 10.2. The minimum absolute atomic E-state index is 0.231. The standard InChI is InChI=1S/C19H20ClNO3/c1-2-23-13-14-24-18-6-4-3-5-17(18)21-19(22)12-9-15-7-10-16(20)11-8-15/h3-12H,2,13-14H2,1H3,(H,21,22)/b12-9+. The van der Waals surface area contributed by atoms with Crippen molar-refractivity contribution in [2.45, 2.75) is 6.92 Å². The molecule has 0 aromatic heterocycles. The molecule has 5 heteroatoms. The summed E-state index contributed by atoms with van der Waals surface area (Å²) in [7, 11) is 0.